The summed E-state index contributed by atoms with van der Waals surface area (Å²) in [7, 11) is -2.06. The lowest BCUT2D eigenvalue weighted by Gasteiger charge is -2.38. The van der Waals surface area contributed by atoms with Crippen LogP contribution in [0.25, 0.3) is 0 Å². The quantitative estimate of drug-likeness (QED) is 0.396. The molecule has 2 atom stereocenters. The average molecular weight is 623 g/mol. The van der Waals surface area contributed by atoms with E-state index >= 15 is 0 Å². The number of methoxy groups -OCH3 is 2. The minimum absolute atomic E-state index is 0.0640. The molecule has 0 saturated heterocycles. The maximum atomic E-state index is 14.5. The van der Waals surface area contributed by atoms with Crippen LogP contribution >= 0.6 is 0 Å². The van der Waals surface area contributed by atoms with E-state index in [9.17, 15) is 28.4 Å². The zero-order valence-corrected chi connectivity index (χ0v) is 26.1. The first-order valence-electron chi connectivity index (χ1n) is 14.4. The highest BCUT2D eigenvalue weighted by molar-refractivity contribution is 7.89. The molecule has 0 amide bonds. The molecule has 0 spiro atoms. The Hall–Kier alpha value is -4.18. The number of hydrogen-bond donors (Lipinski definition) is 2. The molecule has 2 aliphatic rings. The molecule has 1 heterocycles. The largest absolute Gasteiger partial charge is 0.466 e. The van der Waals surface area contributed by atoms with Crippen molar-refractivity contribution >= 4 is 27.6 Å². The number of ether oxygens (including phenoxy) is 2. The van der Waals surface area contributed by atoms with E-state index in [1.807, 2.05) is 0 Å². The van der Waals surface area contributed by atoms with E-state index in [1.54, 1.807) is 36.4 Å². The number of hydrogen-bond acceptors (Lipinski definition) is 10. The van der Waals surface area contributed by atoms with Crippen LogP contribution in [0, 0.1) is 17.2 Å². The number of allylic oxidation sites excluding steroid dienone is 1. The van der Waals surface area contributed by atoms with Crippen LogP contribution in [0.2, 0.25) is 0 Å². The Morgan fingerprint density at radius 2 is 1.64 bits per heavy atom. The zero-order valence-electron chi connectivity index (χ0n) is 25.3. The van der Waals surface area contributed by atoms with E-state index in [1.165, 1.54) is 29.4 Å². The van der Waals surface area contributed by atoms with Gasteiger partial charge in [-0.15, -0.1) is 0 Å². The SMILES string of the molecule is COC(=O)C1=C(C(=O)OC)N(c2ccccc2S(=O)(=O)N(CC(C)O)C2CCC(C)CC2)C(N)=C(C#N)C1c1ccccc1. The number of esters is 2. The average Bonchev–Trinajstić information content (AvgIpc) is 3.03. The highest BCUT2D eigenvalue weighted by Crippen LogP contribution is 2.45. The normalized spacial score (nSPS) is 21.6. The van der Waals surface area contributed by atoms with E-state index in [-0.39, 0.29) is 45.8 Å². The van der Waals surface area contributed by atoms with Gasteiger partial charge in [0.25, 0.3) is 0 Å². The second-order valence-corrected chi connectivity index (χ2v) is 13.0. The van der Waals surface area contributed by atoms with Gasteiger partial charge in [0.05, 0.1) is 49.1 Å². The lowest BCUT2D eigenvalue weighted by molar-refractivity contribution is -0.139. The van der Waals surface area contributed by atoms with Crippen LogP contribution in [0.5, 0.6) is 0 Å². The maximum absolute atomic E-state index is 14.5. The van der Waals surface area contributed by atoms with Gasteiger partial charge in [0.1, 0.15) is 16.4 Å². The molecule has 2 aromatic carbocycles. The number of nitrogens with zero attached hydrogens (tertiary/aromatic N) is 3. The third-order valence-corrected chi connectivity index (χ3v) is 10.1. The fraction of sp³-hybridized carbons (Fsp3) is 0.406. The van der Waals surface area contributed by atoms with Crippen LogP contribution in [0.1, 0.15) is 51.0 Å². The topological polar surface area (TPSA) is 163 Å². The summed E-state index contributed by atoms with van der Waals surface area (Å²) in [5.74, 6) is -2.79. The number of nitrogens with two attached hydrogens (primary N) is 1. The zero-order chi connectivity index (χ0) is 32.2. The molecule has 44 heavy (non-hydrogen) atoms. The Morgan fingerprint density at radius 3 is 2.20 bits per heavy atom. The summed E-state index contributed by atoms with van der Waals surface area (Å²) in [4.78, 5) is 27.8. The van der Waals surface area contributed by atoms with Gasteiger partial charge in [0, 0.05) is 12.6 Å². The van der Waals surface area contributed by atoms with Gasteiger partial charge < -0.3 is 20.3 Å². The molecule has 2 aromatic rings. The van der Waals surface area contributed by atoms with Crippen molar-refractivity contribution in [3.8, 4) is 6.07 Å². The minimum atomic E-state index is -4.33. The van der Waals surface area contributed by atoms with E-state index in [4.69, 9.17) is 15.2 Å². The van der Waals surface area contributed by atoms with E-state index in [0.29, 0.717) is 24.3 Å². The number of rotatable bonds is 9. The van der Waals surface area contributed by atoms with Crippen molar-refractivity contribution in [1.29, 1.82) is 5.26 Å². The molecule has 0 bridgehead atoms. The first-order chi connectivity index (χ1) is 21.0. The van der Waals surface area contributed by atoms with E-state index in [2.05, 4.69) is 13.0 Å². The fourth-order valence-corrected chi connectivity index (χ4v) is 7.93. The fourth-order valence-electron chi connectivity index (χ4n) is 5.98. The minimum Gasteiger partial charge on any atom is -0.466 e. The van der Waals surface area contributed by atoms with Gasteiger partial charge in [0.2, 0.25) is 10.0 Å². The third kappa shape index (κ3) is 6.22. The lowest BCUT2D eigenvalue weighted by atomic mass is 9.81. The molecule has 11 nitrogen and oxygen atoms in total. The second-order valence-electron chi connectivity index (χ2n) is 11.1. The predicted molar refractivity (Wildman–Crippen MR) is 163 cm³/mol. The van der Waals surface area contributed by atoms with Crippen LogP contribution in [0.3, 0.4) is 0 Å². The summed E-state index contributed by atoms with van der Waals surface area (Å²) in [5, 5.41) is 20.7. The Kier molecular flexibility index (Phi) is 10.1. The number of aliphatic hydroxyl groups is 1. The van der Waals surface area contributed by atoms with Crippen molar-refractivity contribution in [2.45, 2.75) is 62.5 Å². The molecule has 12 heteroatoms. The Bertz CT molecular complexity index is 1600. The van der Waals surface area contributed by atoms with Gasteiger partial charge in [0.15, 0.2) is 0 Å². The molecule has 1 aliphatic carbocycles. The molecule has 234 valence electrons. The maximum Gasteiger partial charge on any atom is 0.355 e. The molecule has 1 aliphatic heterocycles. The summed E-state index contributed by atoms with van der Waals surface area (Å²) in [5.41, 5.74) is 6.38. The summed E-state index contributed by atoms with van der Waals surface area (Å²) in [6.45, 7) is 3.50. The van der Waals surface area contributed by atoms with Gasteiger partial charge in [-0.05, 0) is 56.2 Å². The molecule has 0 aromatic heterocycles. The van der Waals surface area contributed by atoms with E-state index in [0.717, 1.165) is 32.0 Å². The van der Waals surface area contributed by atoms with Crippen molar-refractivity contribution in [2.24, 2.45) is 11.7 Å². The van der Waals surface area contributed by atoms with Crippen LogP contribution in [-0.2, 0) is 29.1 Å². The Labute approximate surface area is 258 Å². The van der Waals surface area contributed by atoms with Crippen LogP contribution < -0.4 is 10.6 Å². The van der Waals surface area contributed by atoms with E-state index < -0.39 is 34.0 Å². The lowest BCUT2D eigenvalue weighted by Crippen LogP contribution is -2.46. The van der Waals surface area contributed by atoms with Gasteiger partial charge in [-0.25, -0.2) is 18.0 Å². The van der Waals surface area contributed by atoms with Crippen molar-refractivity contribution in [3.05, 3.63) is 82.8 Å². The molecule has 1 fully saturated rings. The predicted octanol–water partition coefficient (Wildman–Crippen LogP) is 3.53. The Balaban J connectivity index is 2.01. The van der Waals surface area contributed by atoms with Crippen molar-refractivity contribution in [3.63, 3.8) is 0 Å². The molecule has 0 radical (unpaired) electrons. The van der Waals surface area contributed by atoms with Gasteiger partial charge in [-0.3, -0.25) is 4.90 Å². The number of sulfonamides is 1. The third-order valence-electron chi connectivity index (χ3n) is 8.14. The molecule has 1 saturated carbocycles. The van der Waals surface area contributed by atoms with Gasteiger partial charge in [-0.2, -0.15) is 9.57 Å². The van der Waals surface area contributed by atoms with Crippen LogP contribution in [0.4, 0.5) is 5.69 Å². The number of para-hydroxylation sites is 1. The van der Waals surface area contributed by atoms with Crippen molar-refractivity contribution in [1.82, 2.24) is 4.31 Å². The smallest absolute Gasteiger partial charge is 0.355 e. The number of nitriles is 1. The highest BCUT2D eigenvalue weighted by atomic mass is 32.2. The monoisotopic (exact) mass is 622 g/mol. The number of aliphatic hydroxyl groups excluding tert-OH is 1. The first kappa shape index (κ1) is 32.7. The van der Waals surface area contributed by atoms with Crippen LogP contribution in [0.15, 0.2) is 82.2 Å². The molecule has 4 rings (SSSR count). The standard InChI is InChI=1S/C32H38N4O7S/c1-20-14-16-23(17-15-20)35(19-21(2)37)44(40,41)26-13-9-8-12-25(26)36-29(32(39)43-4)28(31(38)42-3)27(24(18-33)30(36)34)22-10-6-5-7-11-22/h5-13,20-21,23,27,37H,14-17,19,34H2,1-4H3. The van der Waals surface area contributed by atoms with Crippen LogP contribution in [-0.4, -0.2) is 62.7 Å². The van der Waals surface area contributed by atoms with Crippen molar-refractivity contribution < 1.29 is 32.6 Å². The summed E-state index contributed by atoms with van der Waals surface area (Å²) in [6, 6.07) is 16.2. The van der Waals surface area contributed by atoms with Gasteiger partial charge in [-0.1, -0.05) is 49.4 Å². The first-order valence-corrected chi connectivity index (χ1v) is 15.9. The van der Waals surface area contributed by atoms with Crippen molar-refractivity contribution in [2.75, 3.05) is 25.7 Å². The second kappa shape index (κ2) is 13.6. The summed E-state index contributed by atoms with van der Waals surface area (Å²) < 4.78 is 40.5. The Morgan fingerprint density at radius 1 is 1.05 bits per heavy atom. The number of carbonyl (C=O) groups excluding carboxylic acids is 2. The number of carbonyl (C=O) groups is 2. The molecule has 3 N–H and O–H groups in total. The number of anilines is 1. The van der Waals surface area contributed by atoms with Gasteiger partial charge >= 0.3 is 11.9 Å². The number of benzene rings is 2. The highest BCUT2D eigenvalue weighted by Gasteiger charge is 2.45. The molecule has 2 unspecified atom stereocenters. The molecular weight excluding hydrogens is 584 g/mol. The summed E-state index contributed by atoms with van der Waals surface area (Å²) in [6.07, 6.45) is 1.97. The summed E-state index contributed by atoms with van der Waals surface area (Å²) >= 11 is 0. The molecular formula is C32H38N4O7S.